The first-order chi connectivity index (χ1) is 16.0. The molecule has 3 nitrogen and oxygen atoms in total. The topological polar surface area (TPSA) is 43.4 Å². The van der Waals surface area contributed by atoms with Gasteiger partial charge in [0.05, 0.1) is 0 Å². The van der Waals surface area contributed by atoms with Crippen LogP contribution in [-0.2, 0) is 13.7 Å². The van der Waals surface area contributed by atoms with Crippen LogP contribution in [-0.4, -0.2) is 5.85 Å². The molecule has 0 aliphatic heterocycles. The summed E-state index contributed by atoms with van der Waals surface area (Å²) in [6.07, 6.45) is 0. The van der Waals surface area contributed by atoms with Crippen LogP contribution >= 0.6 is 14.5 Å². The van der Waals surface area contributed by atoms with Gasteiger partial charge in [-0.3, -0.25) is 4.57 Å². The van der Waals surface area contributed by atoms with Gasteiger partial charge in [-0.1, -0.05) is 111 Å². The molecule has 33 heavy (non-hydrogen) atoms. The van der Waals surface area contributed by atoms with Gasteiger partial charge in [0.15, 0.2) is 7.14 Å². The largest absolute Gasteiger partial charge is 0.311 e. The van der Waals surface area contributed by atoms with Gasteiger partial charge in [-0.15, -0.1) is 0 Å². The second kappa shape index (κ2) is 10.1. The fraction of sp³-hybridized carbons (Fsp3) is 0.143. The molecule has 0 heterocycles. The van der Waals surface area contributed by atoms with Gasteiger partial charge in [-0.25, -0.2) is 0 Å². The van der Waals surface area contributed by atoms with Gasteiger partial charge in [0, 0.05) is 21.2 Å². The zero-order valence-electron chi connectivity index (χ0n) is 18.8. The van der Waals surface area contributed by atoms with Crippen molar-refractivity contribution in [1.82, 2.24) is 0 Å². The van der Waals surface area contributed by atoms with Crippen molar-refractivity contribution in [1.29, 1.82) is 0 Å². The van der Waals surface area contributed by atoms with Gasteiger partial charge >= 0.3 is 0 Å². The lowest BCUT2D eigenvalue weighted by atomic mass is 10.2. The van der Waals surface area contributed by atoms with Gasteiger partial charge < -0.3 is 9.09 Å². The van der Waals surface area contributed by atoms with Crippen LogP contribution in [0.25, 0.3) is 0 Å². The second-order valence-electron chi connectivity index (χ2n) is 8.29. The summed E-state index contributed by atoms with van der Waals surface area (Å²) in [7, 11) is -6.87. The van der Waals surface area contributed by atoms with Crippen LogP contribution in [0.1, 0.15) is 13.8 Å². The molecule has 4 aromatic carbocycles. The van der Waals surface area contributed by atoms with Crippen LogP contribution < -0.4 is 21.2 Å². The Kier molecular flexibility index (Phi) is 7.15. The number of hydrogen-bond acceptors (Lipinski definition) is 3. The monoisotopic (exact) mass is 474 g/mol. The Labute approximate surface area is 196 Å². The normalized spacial score (nSPS) is 13.1. The smallest absolute Gasteiger partial charge is 0.262 e. The predicted octanol–water partition coefficient (Wildman–Crippen LogP) is 5.93. The highest BCUT2D eigenvalue weighted by molar-refractivity contribution is 7.80. The van der Waals surface area contributed by atoms with Gasteiger partial charge in [0.2, 0.25) is 0 Å². The van der Waals surface area contributed by atoms with E-state index in [2.05, 4.69) is 0 Å². The highest BCUT2D eigenvalue weighted by Gasteiger charge is 2.44. The predicted molar refractivity (Wildman–Crippen MR) is 139 cm³/mol. The Hall–Kier alpha value is -2.70. The van der Waals surface area contributed by atoms with Gasteiger partial charge in [0.25, 0.3) is 7.37 Å². The molecule has 0 aromatic heterocycles. The molecule has 0 amide bonds. The molecule has 4 aromatic rings. The van der Waals surface area contributed by atoms with E-state index < -0.39 is 20.4 Å². The summed E-state index contributed by atoms with van der Waals surface area (Å²) in [4.78, 5) is 0. The minimum Gasteiger partial charge on any atom is -0.311 e. The van der Waals surface area contributed by atoms with E-state index in [9.17, 15) is 4.57 Å². The van der Waals surface area contributed by atoms with Crippen LogP contribution in [0.2, 0.25) is 0 Å². The Morgan fingerprint density at radius 2 is 0.818 bits per heavy atom. The van der Waals surface area contributed by atoms with Gasteiger partial charge in [-0.2, -0.15) is 0 Å². The van der Waals surface area contributed by atoms with Crippen LogP contribution in [0.5, 0.6) is 0 Å². The lowest BCUT2D eigenvalue weighted by Gasteiger charge is -2.34. The molecular weight excluding hydrogens is 446 g/mol. The van der Waals surface area contributed by atoms with E-state index in [0.29, 0.717) is 21.2 Å². The summed E-state index contributed by atoms with van der Waals surface area (Å²) in [6.45, 7) is 3.95. The number of benzene rings is 4. The lowest BCUT2D eigenvalue weighted by Crippen LogP contribution is -2.33. The molecule has 1 unspecified atom stereocenters. The summed E-state index contributed by atoms with van der Waals surface area (Å²) in [5.41, 5.74) is 0. The maximum Gasteiger partial charge on any atom is 0.262 e. The molecule has 0 spiro atoms. The molecule has 0 fully saturated rings. The summed E-state index contributed by atoms with van der Waals surface area (Å²) >= 11 is 0. The Morgan fingerprint density at radius 1 is 0.515 bits per heavy atom. The Bertz CT molecular complexity index is 1170. The molecule has 0 aliphatic rings. The van der Waals surface area contributed by atoms with E-state index in [1.54, 1.807) is 0 Å². The number of hydrogen-bond donors (Lipinski definition) is 0. The van der Waals surface area contributed by atoms with E-state index in [0.717, 1.165) is 0 Å². The highest BCUT2D eigenvalue weighted by Crippen LogP contribution is 2.59. The van der Waals surface area contributed by atoms with Crippen molar-refractivity contribution in [3.05, 3.63) is 121 Å². The van der Waals surface area contributed by atoms with Crippen molar-refractivity contribution < 1.29 is 13.7 Å². The van der Waals surface area contributed by atoms with E-state index in [4.69, 9.17) is 4.52 Å². The van der Waals surface area contributed by atoms with Crippen molar-refractivity contribution in [2.24, 2.45) is 5.92 Å². The van der Waals surface area contributed by atoms with E-state index in [1.165, 1.54) is 0 Å². The lowest BCUT2D eigenvalue weighted by molar-refractivity contribution is 0.235. The van der Waals surface area contributed by atoms with Crippen LogP contribution in [0.3, 0.4) is 0 Å². The minimum atomic E-state index is -3.54. The van der Waals surface area contributed by atoms with E-state index in [1.807, 2.05) is 135 Å². The average Bonchev–Trinajstić information content (AvgIpc) is 2.88. The molecule has 168 valence electrons. The molecule has 0 radical (unpaired) electrons. The number of rotatable bonds is 8. The molecule has 0 N–H and O–H groups in total. The van der Waals surface area contributed by atoms with Crippen molar-refractivity contribution in [2.75, 3.05) is 0 Å². The minimum absolute atomic E-state index is 0.156. The highest BCUT2D eigenvalue weighted by atomic mass is 31.2. The molecular formula is C28H28O3P2. The third-order valence-corrected chi connectivity index (χ3v) is 11.9. The van der Waals surface area contributed by atoms with Crippen molar-refractivity contribution in [3.8, 4) is 0 Å². The first kappa shape index (κ1) is 23.5. The fourth-order valence-corrected chi connectivity index (χ4v) is 10.1. The molecule has 1 atom stereocenters. The first-order valence-corrected chi connectivity index (χ1v) is 14.5. The average molecular weight is 474 g/mol. The third-order valence-electron chi connectivity index (χ3n) is 5.66. The maximum atomic E-state index is 15.1. The SMILES string of the molecule is CC(C)C(OP(=O)(c1ccccc1)c1ccccc1)P(=O)(c1ccccc1)c1ccccc1. The zero-order chi connectivity index (χ0) is 23.3. The molecule has 0 aliphatic carbocycles. The summed E-state index contributed by atoms with van der Waals surface area (Å²) in [5, 5.41) is 2.58. The summed E-state index contributed by atoms with van der Waals surface area (Å²) in [5.74, 6) is -0.939. The van der Waals surface area contributed by atoms with Gasteiger partial charge in [-0.05, 0) is 30.2 Å². The molecule has 0 bridgehead atoms. The first-order valence-electron chi connectivity index (χ1n) is 11.1. The Balaban J connectivity index is 1.92. The van der Waals surface area contributed by atoms with Crippen LogP contribution in [0.4, 0.5) is 0 Å². The van der Waals surface area contributed by atoms with Crippen molar-refractivity contribution in [3.63, 3.8) is 0 Å². The summed E-state index contributed by atoms with van der Waals surface area (Å²) < 4.78 is 36.4. The molecule has 0 saturated heterocycles. The standard InChI is InChI=1S/C28H28O3P2/c1-23(2)28(32(29,24-15-7-3-8-16-24)25-17-9-4-10-18-25)31-33(30,26-19-11-5-12-20-26)27-21-13-6-14-22-27/h3-23,28H,1-2H3. The van der Waals surface area contributed by atoms with E-state index >= 15 is 4.57 Å². The quantitative estimate of drug-likeness (QED) is 0.298. The van der Waals surface area contributed by atoms with Gasteiger partial charge in [0.1, 0.15) is 5.85 Å². The molecule has 4 rings (SSSR count). The van der Waals surface area contributed by atoms with Crippen molar-refractivity contribution in [2.45, 2.75) is 19.7 Å². The van der Waals surface area contributed by atoms with Crippen LogP contribution in [0, 0.1) is 5.92 Å². The zero-order valence-corrected chi connectivity index (χ0v) is 20.6. The van der Waals surface area contributed by atoms with Crippen molar-refractivity contribution >= 4 is 35.7 Å². The second-order valence-corrected chi connectivity index (χ2v) is 13.5. The maximum absolute atomic E-state index is 15.1. The third kappa shape index (κ3) is 4.68. The van der Waals surface area contributed by atoms with Crippen LogP contribution in [0.15, 0.2) is 121 Å². The summed E-state index contributed by atoms with van der Waals surface area (Å²) in [6, 6.07) is 37.3. The fourth-order valence-electron chi connectivity index (χ4n) is 4.02. The van der Waals surface area contributed by atoms with E-state index in [-0.39, 0.29) is 5.92 Å². The molecule has 5 heteroatoms. The molecule has 0 saturated carbocycles. The Morgan fingerprint density at radius 3 is 1.12 bits per heavy atom.